The summed E-state index contributed by atoms with van der Waals surface area (Å²) in [5, 5.41) is 5.49. The van der Waals surface area contributed by atoms with Crippen molar-refractivity contribution in [2.45, 2.75) is 51.0 Å². The molecule has 3 aromatic heterocycles. The van der Waals surface area contributed by atoms with E-state index in [4.69, 9.17) is 9.72 Å². The van der Waals surface area contributed by atoms with Gasteiger partial charge in [0.15, 0.2) is 0 Å². The van der Waals surface area contributed by atoms with Crippen molar-refractivity contribution in [2.75, 3.05) is 26.8 Å². The largest absolute Gasteiger partial charge is 0.383 e. The molecule has 0 unspecified atom stereocenters. The monoisotopic (exact) mass is 427 g/mol. The van der Waals surface area contributed by atoms with Crippen LogP contribution in [-0.2, 0) is 11.8 Å². The lowest BCUT2D eigenvalue weighted by Gasteiger charge is -2.37. The second-order valence-corrected chi connectivity index (χ2v) is 8.89. The van der Waals surface area contributed by atoms with Crippen LogP contribution in [0.15, 0.2) is 30.9 Å². The summed E-state index contributed by atoms with van der Waals surface area (Å²) < 4.78 is 8.98. The van der Waals surface area contributed by atoms with Crippen LogP contribution in [0.1, 0.15) is 50.5 Å². The lowest BCUT2D eigenvalue weighted by atomic mass is 9.81. The number of ether oxygens (including phenoxy) is 1. The molecule has 1 saturated carbocycles. The number of hydrogen-bond acceptors (Lipinski definition) is 5. The number of aryl methyl sites for hydroxylation is 1. The maximum absolute atomic E-state index is 5.33. The molecule has 3 heterocycles. The number of fused-ring (bicyclic) bond motifs is 1. The van der Waals surface area contributed by atoms with Crippen LogP contribution in [0.4, 0.5) is 0 Å². The first-order chi connectivity index (χ1) is 14.6. The summed E-state index contributed by atoms with van der Waals surface area (Å²) >= 11 is 4.58. The van der Waals surface area contributed by atoms with Crippen molar-refractivity contribution in [3.05, 3.63) is 36.4 Å². The topological polar surface area (TPSA) is 48.1 Å². The number of pyridine rings is 1. The van der Waals surface area contributed by atoms with E-state index in [1.165, 1.54) is 37.7 Å². The zero-order chi connectivity index (χ0) is 21.1. The Kier molecular flexibility index (Phi) is 6.80. The molecule has 1 fully saturated rings. The Bertz CT molecular complexity index is 973. The molecular formula is C23H33N5OS. The molecular weight excluding hydrogens is 394 g/mol. The third-order valence-electron chi connectivity index (χ3n) is 6.44. The van der Waals surface area contributed by atoms with Gasteiger partial charge in [-0.1, -0.05) is 19.7 Å². The molecule has 0 N–H and O–H groups in total. The Hall–Kier alpha value is -1.83. The maximum atomic E-state index is 5.33. The Balaban J connectivity index is 1.52. The normalized spacial score (nSPS) is 19.8. The van der Waals surface area contributed by atoms with Crippen LogP contribution in [0, 0.1) is 0 Å². The minimum absolute atomic E-state index is 0.578. The quantitative estimate of drug-likeness (QED) is 0.537. The summed E-state index contributed by atoms with van der Waals surface area (Å²) in [5.74, 6) is 0.578. The molecule has 0 aromatic carbocycles. The molecule has 0 radical (unpaired) electrons. The SMILES string of the molecule is CCCN(CCOC)[C@H]1CC[C@H](c2cnc3c(c2)c(-c2cnn(C)c2)cn3S)CC1. The van der Waals surface area contributed by atoms with E-state index in [0.29, 0.717) is 12.0 Å². The van der Waals surface area contributed by atoms with Crippen molar-refractivity contribution in [1.29, 1.82) is 0 Å². The van der Waals surface area contributed by atoms with Gasteiger partial charge in [-0.3, -0.25) is 13.6 Å². The first-order valence-corrected chi connectivity index (χ1v) is 11.4. The Morgan fingerprint density at radius 3 is 2.63 bits per heavy atom. The van der Waals surface area contributed by atoms with E-state index in [-0.39, 0.29) is 0 Å². The highest BCUT2D eigenvalue weighted by molar-refractivity contribution is 7.78. The number of nitrogens with zero attached hydrogens (tertiary/aromatic N) is 5. The molecule has 30 heavy (non-hydrogen) atoms. The van der Waals surface area contributed by atoms with Gasteiger partial charge >= 0.3 is 0 Å². The molecule has 0 atom stereocenters. The van der Waals surface area contributed by atoms with Gasteiger partial charge < -0.3 is 4.74 Å². The summed E-state index contributed by atoms with van der Waals surface area (Å²) in [7, 11) is 3.74. The van der Waals surface area contributed by atoms with Gasteiger partial charge in [0.2, 0.25) is 0 Å². The van der Waals surface area contributed by atoms with Gasteiger partial charge in [-0.05, 0) is 56.2 Å². The van der Waals surface area contributed by atoms with Gasteiger partial charge in [0.1, 0.15) is 5.65 Å². The minimum atomic E-state index is 0.578. The molecule has 0 aliphatic heterocycles. The van der Waals surface area contributed by atoms with E-state index in [9.17, 15) is 0 Å². The molecule has 7 heteroatoms. The smallest absolute Gasteiger partial charge is 0.150 e. The predicted octanol–water partition coefficient (Wildman–Crippen LogP) is 4.51. The van der Waals surface area contributed by atoms with E-state index in [1.54, 1.807) is 7.11 Å². The van der Waals surface area contributed by atoms with Gasteiger partial charge in [0.25, 0.3) is 0 Å². The van der Waals surface area contributed by atoms with Crippen molar-refractivity contribution in [3.8, 4) is 11.1 Å². The van der Waals surface area contributed by atoms with E-state index >= 15 is 0 Å². The fourth-order valence-corrected chi connectivity index (χ4v) is 5.14. The van der Waals surface area contributed by atoms with Crippen molar-refractivity contribution in [1.82, 2.24) is 23.6 Å². The number of hydrogen-bond donors (Lipinski definition) is 1. The molecule has 1 aliphatic carbocycles. The maximum Gasteiger partial charge on any atom is 0.150 e. The molecule has 0 amide bonds. The fraction of sp³-hybridized carbons (Fsp3) is 0.565. The van der Waals surface area contributed by atoms with Crippen LogP contribution < -0.4 is 0 Å². The van der Waals surface area contributed by atoms with Crippen molar-refractivity contribution in [3.63, 3.8) is 0 Å². The third kappa shape index (κ3) is 4.43. The van der Waals surface area contributed by atoms with E-state index in [1.807, 2.05) is 34.3 Å². The first-order valence-electron chi connectivity index (χ1n) is 11.0. The molecule has 4 rings (SSSR count). The molecule has 0 bridgehead atoms. The summed E-state index contributed by atoms with van der Waals surface area (Å²) in [4.78, 5) is 7.39. The highest BCUT2D eigenvalue weighted by Gasteiger charge is 2.27. The molecule has 162 valence electrons. The lowest BCUT2D eigenvalue weighted by Crippen LogP contribution is -2.40. The minimum Gasteiger partial charge on any atom is -0.383 e. The highest BCUT2D eigenvalue weighted by atomic mass is 32.1. The molecule has 6 nitrogen and oxygen atoms in total. The van der Waals surface area contributed by atoms with Gasteiger partial charge in [0.05, 0.1) is 12.8 Å². The summed E-state index contributed by atoms with van der Waals surface area (Å²) in [5.41, 5.74) is 4.50. The average Bonchev–Trinajstić information content (AvgIpc) is 3.34. The fourth-order valence-electron chi connectivity index (χ4n) is 4.87. The van der Waals surface area contributed by atoms with Crippen molar-refractivity contribution < 1.29 is 4.74 Å². The molecule has 1 aliphatic rings. The number of aromatic nitrogens is 4. The van der Waals surface area contributed by atoms with Crippen LogP contribution in [0.5, 0.6) is 0 Å². The van der Waals surface area contributed by atoms with Crippen LogP contribution in [0.25, 0.3) is 22.2 Å². The molecule has 0 spiro atoms. The van der Waals surface area contributed by atoms with E-state index in [0.717, 1.165) is 41.9 Å². The number of rotatable bonds is 8. The second kappa shape index (κ2) is 9.54. The zero-order valence-corrected chi connectivity index (χ0v) is 19.2. The van der Waals surface area contributed by atoms with E-state index < -0.39 is 0 Å². The summed E-state index contributed by atoms with van der Waals surface area (Å²) in [6, 6.07) is 3.01. The van der Waals surface area contributed by atoms with Gasteiger partial charge in [-0.2, -0.15) is 5.10 Å². The Morgan fingerprint density at radius 1 is 1.17 bits per heavy atom. The summed E-state index contributed by atoms with van der Waals surface area (Å²) in [6.07, 6.45) is 14.2. The Labute approximate surface area is 184 Å². The lowest BCUT2D eigenvalue weighted by molar-refractivity contribution is 0.0990. The first kappa shape index (κ1) is 21.4. The van der Waals surface area contributed by atoms with Crippen molar-refractivity contribution >= 4 is 23.8 Å². The Morgan fingerprint density at radius 2 is 1.97 bits per heavy atom. The summed E-state index contributed by atoms with van der Waals surface area (Å²) in [6.45, 7) is 5.28. The highest BCUT2D eigenvalue weighted by Crippen LogP contribution is 2.37. The number of thiol groups is 1. The second-order valence-electron chi connectivity index (χ2n) is 8.46. The van der Waals surface area contributed by atoms with Crippen LogP contribution in [-0.4, -0.2) is 56.5 Å². The predicted molar refractivity (Wildman–Crippen MR) is 125 cm³/mol. The van der Waals surface area contributed by atoms with Crippen molar-refractivity contribution in [2.24, 2.45) is 7.05 Å². The third-order valence-corrected chi connectivity index (χ3v) is 6.75. The van der Waals surface area contributed by atoms with Gasteiger partial charge in [-0.15, -0.1) is 0 Å². The molecule has 3 aromatic rings. The average molecular weight is 428 g/mol. The molecule has 0 saturated heterocycles. The van der Waals surface area contributed by atoms with Crippen LogP contribution >= 0.6 is 12.8 Å². The van der Waals surface area contributed by atoms with Gasteiger partial charge in [0, 0.05) is 61.8 Å². The standard InChI is InChI=1S/C23H33N5OS/c1-4-9-27(10-11-29-3)20-7-5-17(6-8-20)18-12-21-22(19-14-25-26(2)15-19)16-28(30)23(21)24-13-18/h12-17,20,30H,4-11H2,1-3H3/t17-,20-. The van der Waals surface area contributed by atoms with Crippen LogP contribution in [0.3, 0.4) is 0 Å². The zero-order valence-electron chi connectivity index (χ0n) is 18.3. The van der Waals surface area contributed by atoms with Gasteiger partial charge in [-0.25, -0.2) is 4.98 Å². The van der Waals surface area contributed by atoms with Crippen LogP contribution in [0.2, 0.25) is 0 Å². The number of methoxy groups -OCH3 is 1. The van der Waals surface area contributed by atoms with E-state index in [2.05, 4.69) is 42.0 Å².